The first kappa shape index (κ1) is 18.0. The normalized spacial score (nSPS) is 21.0. The number of anilines is 1. The van der Waals surface area contributed by atoms with E-state index in [1.165, 1.54) is 0 Å². The van der Waals surface area contributed by atoms with E-state index < -0.39 is 0 Å². The van der Waals surface area contributed by atoms with Crippen molar-refractivity contribution in [2.45, 2.75) is 38.3 Å². The second kappa shape index (κ2) is 8.08. The Kier molecular flexibility index (Phi) is 5.38. The van der Waals surface area contributed by atoms with Crippen molar-refractivity contribution in [2.75, 3.05) is 31.1 Å². The molecule has 4 heterocycles. The van der Waals surface area contributed by atoms with E-state index in [1.54, 1.807) is 6.20 Å². The summed E-state index contributed by atoms with van der Waals surface area (Å²) in [6.07, 6.45) is 9.19. The van der Waals surface area contributed by atoms with Crippen molar-refractivity contribution in [2.24, 2.45) is 5.92 Å². The fourth-order valence-corrected chi connectivity index (χ4v) is 4.00. The number of aliphatic hydroxyl groups excluding tert-OH is 1. The lowest BCUT2D eigenvalue weighted by Gasteiger charge is -2.32. The molecule has 2 aliphatic rings. The summed E-state index contributed by atoms with van der Waals surface area (Å²) >= 11 is 0. The van der Waals surface area contributed by atoms with Gasteiger partial charge < -0.3 is 14.9 Å². The van der Waals surface area contributed by atoms with Crippen LogP contribution in [0.4, 0.5) is 5.82 Å². The molecular weight excluding hydrogens is 342 g/mol. The number of β-amino-alcohol motifs (C(OH)–C–C–N with tert-alkyl or cyclic N) is 1. The number of aryl methyl sites for hydroxylation is 1. The van der Waals surface area contributed by atoms with E-state index in [4.69, 9.17) is 0 Å². The van der Waals surface area contributed by atoms with Gasteiger partial charge in [0.2, 0.25) is 0 Å². The van der Waals surface area contributed by atoms with Gasteiger partial charge in [-0.25, -0.2) is 4.98 Å². The average Bonchev–Trinajstić information content (AvgIpc) is 3.38. The highest BCUT2D eigenvalue weighted by Crippen LogP contribution is 2.23. The summed E-state index contributed by atoms with van der Waals surface area (Å²) in [6.45, 7) is 3.99. The van der Waals surface area contributed by atoms with Crippen LogP contribution in [0, 0.1) is 5.92 Å². The third-order valence-electron chi connectivity index (χ3n) is 5.71. The van der Waals surface area contributed by atoms with Crippen LogP contribution in [0.3, 0.4) is 0 Å². The number of rotatable bonds is 5. The number of pyridine rings is 1. The number of piperidine rings is 1. The lowest BCUT2D eigenvalue weighted by atomic mass is 9.93. The van der Waals surface area contributed by atoms with Gasteiger partial charge in [-0.05, 0) is 49.8 Å². The van der Waals surface area contributed by atoms with Crippen molar-refractivity contribution in [3.05, 3.63) is 42.4 Å². The number of hydrogen-bond acceptors (Lipinski definition) is 5. The zero-order valence-electron chi connectivity index (χ0n) is 15.6. The highest BCUT2D eigenvalue weighted by atomic mass is 16.3. The molecule has 7 heteroatoms. The fourth-order valence-electron chi connectivity index (χ4n) is 4.00. The summed E-state index contributed by atoms with van der Waals surface area (Å²) in [5.41, 5.74) is 0.647. The van der Waals surface area contributed by atoms with Gasteiger partial charge in [0.25, 0.3) is 5.91 Å². The van der Waals surface area contributed by atoms with Gasteiger partial charge in [-0.15, -0.1) is 0 Å². The van der Waals surface area contributed by atoms with Crippen LogP contribution in [-0.2, 0) is 6.54 Å². The van der Waals surface area contributed by atoms with E-state index in [9.17, 15) is 9.90 Å². The lowest BCUT2D eigenvalue weighted by molar-refractivity contribution is 0.0684. The summed E-state index contributed by atoms with van der Waals surface area (Å²) in [6, 6.07) is 5.70. The third kappa shape index (κ3) is 4.30. The SMILES string of the molecule is O=C(c1ccc(N2CCC(O)C2)nc1)N1CCC(CCn2cccn2)CC1. The van der Waals surface area contributed by atoms with E-state index >= 15 is 0 Å². The summed E-state index contributed by atoms with van der Waals surface area (Å²) in [5.74, 6) is 1.56. The van der Waals surface area contributed by atoms with Gasteiger partial charge in [0.1, 0.15) is 5.82 Å². The number of hydrogen-bond donors (Lipinski definition) is 1. The van der Waals surface area contributed by atoms with Crippen LogP contribution in [0.5, 0.6) is 0 Å². The molecule has 0 saturated carbocycles. The Morgan fingerprint density at radius 1 is 1.19 bits per heavy atom. The molecule has 1 N–H and O–H groups in total. The molecule has 2 aromatic rings. The maximum absolute atomic E-state index is 12.8. The monoisotopic (exact) mass is 369 g/mol. The zero-order valence-corrected chi connectivity index (χ0v) is 15.6. The largest absolute Gasteiger partial charge is 0.391 e. The molecule has 2 fully saturated rings. The molecule has 0 spiro atoms. The molecule has 0 aliphatic carbocycles. The topological polar surface area (TPSA) is 74.5 Å². The van der Waals surface area contributed by atoms with Crippen molar-refractivity contribution in [1.82, 2.24) is 19.7 Å². The number of amides is 1. The summed E-state index contributed by atoms with van der Waals surface area (Å²) in [4.78, 5) is 21.2. The van der Waals surface area contributed by atoms with E-state index in [0.29, 0.717) is 18.0 Å². The van der Waals surface area contributed by atoms with Crippen molar-refractivity contribution < 1.29 is 9.90 Å². The highest BCUT2D eigenvalue weighted by Gasteiger charge is 2.25. The molecule has 1 atom stereocenters. The van der Waals surface area contributed by atoms with Crippen LogP contribution in [0.2, 0.25) is 0 Å². The molecule has 1 amide bonds. The first-order valence-corrected chi connectivity index (χ1v) is 9.85. The summed E-state index contributed by atoms with van der Waals surface area (Å²) in [5, 5.41) is 13.9. The minimum Gasteiger partial charge on any atom is -0.391 e. The molecule has 0 aromatic carbocycles. The van der Waals surface area contributed by atoms with Crippen LogP contribution in [0.15, 0.2) is 36.8 Å². The van der Waals surface area contributed by atoms with E-state index in [0.717, 1.165) is 57.7 Å². The van der Waals surface area contributed by atoms with Crippen molar-refractivity contribution in [3.63, 3.8) is 0 Å². The molecule has 4 rings (SSSR count). The summed E-state index contributed by atoms with van der Waals surface area (Å²) < 4.78 is 1.98. The standard InChI is InChI=1S/C20H27N5O2/c26-18-7-12-24(15-18)19-3-2-17(14-21-19)20(27)23-10-4-16(5-11-23)6-13-25-9-1-8-22-25/h1-3,8-9,14,16,18,26H,4-7,10-13,15H2. The van der Waals surface area contributed by atoms with Gasteiger partial charge in [0.15, 0.2) is 0 Å². The Morgan fingerprint density at radius 2 is 2.04 bits per heavy atom. The van der Waals surface area contributed by atoms with Crippen LogP contribution >= 0.6 is 0 Å². The molecule has 0 radical (unpaired) electrons. The predicted molar refractivity (Wildman–Crippen MR) is 103 cm³/mol. The van der Waals surface area contributed by atoms with Crippen LogP contribution in [-0.4, -0.2) is 63.0 Å². The van der Waals surface area contributed by atoms with Gasteiger partial charge in [-0.1, -0.05) is 0 Å². The number of likely N-dealkylation sites (tertiary alicyclic amines) is 1. The Balaban J connectivity index is 1.27. The molecule has 27 heavy (non-hydrogen) atoms. The lowest BCUT2D eigenvalue weighted by Crippen LogP contribution is -2.38. The molecule has 2 aliphatic heterocycles. The Bertz CT molecular complexity index is 738. The Labute approximate surface area is 159 Å². The van der Waals surface area contributed by atoms with E-state index in [-0.39, 0.29) is 12.0 Å². The number of aliphatic hydroxyl groups is 1. The van der Waals surface area contributed by atoms with Crippen LogP contribution in [0.25, 0.3) is 0 Å². The van der Waals surface area contributed by atoms with Crippen LogP contribution < -0.4 is 4.90 Å². The maximum Gasteiger partial charge on any atom is 0.255 e. The maximum atomic E-state index is 12.8. The minimum atomic E-state index is -0.275. The zero-order chi connectivity index (χ0) is 18.6. The predicted octanol–water partition coefficient (Wildman–Crippen LogP) is 1.79. The van der Waals surface area contributed by atoms with E-state index in [1.807, 2.05) is 40.2 Å². The van der Waals surface area contributed by atoms with Crippen molar-refractivity contribution in [1.29, 1.82) is 0 Å². The molecule has 0 bridgehead atoms. The van der Waals surface area contributed by atoms with Gasteiger partial charge in [-0.3, -0.25) is 9.48 Å². The first-order valence-electron chi connectivity index (χ1n) is 9.85. The fraction of sp³-hybridized carbons (Fsp3) is 0.550. The molecule has 2 aromatic heterocycles. The number of carbonyl (C=O) groups excluding carboxylic acids is 1. The molecular formula is C20H27N5O2. The van der Waals surface area contributed by atoms with Gasteiger partial charge in [-0.2, -0.15) is 5.10 Å². The molecule has 144 valence electrons. The molecule has 7 nitrogen and oxygen atoms in total. The third-order valence-corrected chi connectivity index (χ3v) is 5.71. The Hall–Kier alpha value is -2.41. The highest BCUT2D eigenvalue weighted by molar-refractivity contribution is 5.94. The number of aromatic nitrogens is 3. The Morgan fingerprint density at radius 3 is 2.67 bits per heavy atom. The quantitative estimate of drug-likeness (QED) is 0.870. The number of carbonyl (C=O) groups is 1. The van der Waals surface area contributed by atoms with Crippen molar-refractivity contribution >= 4 is 11.7 Å². The minimum absolute atomic E-state index is 0.0704. The molecule has 2 saturated heterocycles. The molecule has 1 unspecified atom stereocenters. The second-order valence-electron chi connectivity index (χ2n) is 7.59. The first-order chi connectivity index (χ1) is 13.2. The smallest absolute Gasteiger partial charge is 0.255 e. The summed E-state index contributed by atoms with van der Waals surface area (Å²) in [7, 11) is 0. The van der Waals surface area contributed by atoms with E-state index in [2.05, 4.69) is 15.0 Å². The average molecular weight is 369 g/mol. The van der Waals surface area contributed by atoms with Crippen molar-refractivity contribution in [3.8, 4) is 0 Å². The second-order valence-corrected chi connectivity index (χ2v) is 7.59. The van der Waals surface area contributed by atoms with Gasteiger partial charge in [0, 0.05) is 51.3 Å². The number of nitrogens with zero attached hydrogens (tertiary/aromatic N) is 5. The van der Waals surface area contributed by atoms with Gasteiger partial charge >= 0.3 is 0 Å². The van der Waals surface area contributed by atoms with Gasteiger partial charge in [0.05, 0.1) is 11.7 Å². The van der Waals surface area contributed by atoms with Crippen LogP contribution in [0.1, 0.15) is 36.0 Å².